The Bertz CT molecular complexity index is 445. The van der Waals surface area contributed by atoms with E-state index in [1.807, 2.05) is 32.0 Å². The van der Waals surface area contributed by atoms with Crippen molar-refractivity contribution < 1.29 is 18.9 Å². The molecule has 1 heterocycles. The van der Waals surface area contributed by atoms with Gasteiger partial charge in [0.2, 0.25) is 0 Å². The van der Waals surface area contributed by atoms with Gasteiger partial charge in [-0.2, -0.15) is 0 Å². The van der Waals surface area contributed by atoms with Crippen molar-refractivity contribution >= 4 is 0 Å². The minimum Gasteiger partial charge on any atom is -0.374 e. The molecule has 1 aromatic rings. The van der Waals surface area contributed by atoms with Crippen LogP contribution in [0.4, 0.5) is 0 Å². The number of hydrogen-bond acceptors (Lipinski definition) is 4. The van der Waals surface area contributed by atoms with Crippen LogP contribution >= 0.6 is 0 Å². The molecule has 0 bridgehead atoms. The third kappa shape index (κ3) is 3.83. The van der Waals surface area contributed by atoms with Crippen molar-refractivity contribution in [3.63, 3.8) is 0 Å². The Morgan fingerprint density at radius 2 is 1.90 bits per heavy atom. The number of rotatable bonds is 6. The Morgan fingerprint density at radius 3 is 2.71 bits per heavy atom. The molecule has 4 nitrogen and oxygen atoms in total. The lowest BCUT2D eigenvalue weighted by atomic mass is 10.2. The van der Waals surface area contributed by atoms with Crippen molar-refractivity contribution in [3.05, 3.63) is 35.9 Å². The van der Waals surface area contributed by atoms with Gasteiger partial charge in [0.1, 0.15) is 6.10 Å². The zero-order valence-corrected chi connectivity index (χ0v) is 12.8. The zero-order valence-electron chi connectivity index (χ0n) is 12.8. The van der Waals surface area contributed by atoms with Gasteiger partial charge in [-0.3, -0.25) is 0 Å². The van der Waals surface area contributed by atoms with Crippen molar-refractivity contribution in [3.8, 4) is 0 Å². The van der Waals surface area contributed by atoms with Crippen LogP contribution in [0.2, 0.25) is 0 Å². The molecule has 0 aromatic heterocycles. The van der Waals surface area contributed by atoms with Gasteiger partial charge >= 0.3 is 0 Å². The molecular weight excluding hydrogens is 268 g/mol. The van der Waals surface area contributed by atoms with Gasteiger partial charge < -0.3 is 18.9 Å². The van der Waals surface area contributed by atoms with Crippen LogP contribution in [-0.2, 0) is 25.6 Å². The first-order valence-electron chi connectivity index (χ1n) is 7.73. The largest absolute Gasteiger partial charge is 0.374 e. The quantitative estimate of drug-likeness (QED) is 0.756. The average Bonchev–Trinajstić information content (AvgIpc) is 2.95. The fourth-order valence-corrected chi connectivity index (χ4v) is 3.10. The molecule has 0 unspecified atom stereocenters. The number of benzene rings is 1. The molecule has 3 atom stereocenters. The highest BCUT2D eigenvalue weighted by Gasteiger charge is 2.49. The van der Waals surface area contributed by atoms with E-state index in [0.717, 1.165) is 12.8 Å². The van der Waals surface area contributed by atoms with E-state index in [9.17, 15) is 0 Å². The smallest absolute Gasteiger partial charge is 0.163 e. The van der Waals surface area contributed by atoms with E-state index in [0.29, 0.717) is 19.8 Å². The topological polar surface area (TPSA) is 36.9 Å². The van der Waals surface area contributed by atoms with Gasteiger partial charge in [0.25, 0.3) is 0 Å². The second-order valence-electron chi connectivity index (χ2n) is 6.16. The molecule has 2 fully saturated rings. The minimum absolute atomic E-state index is 0.0779. The summed E-state index contributed by atoms with van der Waals surface area (Å²) in [5.41, 5.74) is 1.19. The van der Waals surface area contributed by atoms with E-state index in [1.54, 1.807) is 0 Å². The highest BCUT2D eigenvalue weighted by atomic mass is 16.8. The highest BCUT2D eigenvalue weighted by molar-refractivity contribution is 5.13. The fourth-order valence-electron chi connectivity index (χ4n) is 3.10. The third-order valence-electron chi connectivity index (χ3n) is 3.99. The van der Waals surface area contributed by atoms with Crippen LogP contribution in [0.15, 0.2) is 30.3 Å². The summed E-state index contributed by atoms with van der Waals surface area (Å²) in [6, 6.07) is 10.2. The normalized spacial score (nSPS) is 30.5. The standard InChI is InChI=1S/C17H24O4/c1-17(2)20-15-9-8-14(16(15)21-17)19-11-10-18-12-13-6-4-3-5-7-13/h3-7,14-16H,8-12H2,1-2H3/t14-,15-,16+/m0/s1. The molecule has 0 radical (unpaired) electrons. The number of hydrogen-bond donors (Lipinski definition) is 0. The van der Waals surface area contributed by atoms with Gasteiger partial charge in [0, 0.05) is 0 Å². The van der Waals surface area contributed by atoms with E-state index in [4.69, 9.17) is 18.9 Å². The van der Waals surface area contributed by atoms with Gasteiger partial charge in [-0.05, 0) is 32.3 Å². The Morgan fingerprint density at radius 1 is 1.10 bits per heavy atom. The Labute approximate surface area is 126 Å². The van der Waals surface area contributed by atoms with E-state index in [2.05, 4.69) is 12.1 Å². The lowest BCUT2D eigenvalue weighted by Gasteiger charge is -2.22. The molecule has 0 N–H and O–H groups in total. The molecule has 1 aliphatic carbocycles. The summed E-state index contributed by atoms with van der Waals surface area (Å²) in [4.78, 5) is 0. The van der Waals surface area contributed by atoms with E-state index < -0.39 is 5.79 Å². The maximum atomic E-state index is 5.92. The van der Waals surface area contributed by atoms with E-state index >= 15 is 0 Å². The summed E-state index contributed by atoms with van der Waals surface area (Å²) in [7, 11) is 0. The predicted octanol–water partition coefficient (Wildman–Crippen LogP) is 2.90. The fraction of sp³-hybridized carbons (Fsp3) is 0.647. The van der Waals surface area contributed by atoms with Crippen molar-refractivity contribution in [2.24, 2.45) is 0 Å². The van der Waals surface area contributed by atoms with Gasteiger partial charge in [0.15, 0.2) is 5.79 Å². The monoisotopic (exact) mass is 292 g/mol. The molecule has 116 valence electrons. The second kappa shape index (κ2) is 6.44. The maximum absolute atomic E-state index is 5.92. The average molecular weight is 292 g/mol. The number of ether oxygens (including phenoxy) is 4. The van der Waals surface area contributed by atoms with Gasteiger partial charge in [-0.25, -0.2) is 0 Å². The Kier molecular flexibility index (Phi) is 4.60. The summed E-state index contributed by atoms with van der Waals surface area (Å²) < 4.78 is 23.3. The summed E-state index contributed by atoms with van der Waals surface area (Å²) >= 11 is 0. The molecule has 1 saturated heterocycles. The molecule has 0 spiro atoms. The third-order valence-corrected chi connectivity index (χ3v) is 3.99. The van der Waals surface area contributed by atoms with Crippen LogP contribution in [0.25, 0.3) is 0 Å². The predicted molar refractivity (Wildman–Crippen MR) is 78.9 cm³/mol. The summed E-state index contributed by atoms with van der Waals surface area (Å²) in [6.07, 6.45) is 2.43. The van der Waals surface area contributed by atoms with Crippen molar-refractivity contribution in [2.75, 3.05) is 13.2 Å². The number of fused-ring (bicyclic) bond motifs is 1. The highest BCUT2D eigenvalue weighted by Crippen LogP contribution is 2.39. The molecule has 4 heteroatoms. The first-order chi connectivity index (χ1) is 10.1. The Hall–Kier alpha value is -0.940. The summed E-state index contributed by atoms with van der Waals surface area (Å²) in [5, 5.41) is 0. The molecule has 2 aliphatic rings. The van der Waals surface area contributed by atoms with Gasteiger partial charge in [-0.15, -0.1) is 0 Å². The van der Waals surface area contributed by atoms with Gasteiger partial charge in [0.05, 0.1) is 32.0 Å². The van der Waals surface area contributed by atoms with Gasteiger partial charge in [-0.1, -0.05) is 30.3 Å². The lowest BCUT2D eigenvalue weighted by Crippen LogP contribution is -2.31. The van der Waals surface area contributed by atoms with E-state index in [-0.39, 0.29) is 18.3 Å². The van der Waals surface area contributed by atoms with Crippen LogP contribution < -0.4 is 0 Å². The van der Waals surface area contributed by atoms with Crippen LogP contribution in [0.1, 0.15) is 32.3 Å². The maximum Gasteiger partial charge on any atom is 0.163 e. The van der Waals surface area contributed by atoms with Crippen LogP contribution in [0.3, 0.4) is 0 Å². The Balaban J connectivity index is 1.35. The molecule has 1 aliphatic heterocycles. The molecule has 3 rings (SSSR count). The molecule has 1 saturated carbocycles. The van der Waals surface area contributed by atoms with Crippen LogP contribution in [-0.4, -0.2) is 37.3 Å². The van der Waals surface area contributed by atoms with Crippen molar-refractivity contribution in [2.45, 2.75) is 57.4 Å². The molecule has 1 aromatic carbocycles. The molecular formula is C17H24O4. The second-order valence-corrected chi connectivity index (χ2v) is 6.16. The van der Waals surface area contributed by atoms with E-state index in [1.165, 1.54) is 5.56 Å². The minimum atomic E-state index is -0.471. The lowest BCUT2D eigenvalue weighted by molar-refractivity contribution is -0.167. The van der Waals surface area contributed by atoms with Crippen molar-refractivity contribution in [1.82, 2.24) is 0 Å². The molecule has 0 amide bonds. The first-order valence-corrected chi connectivity index (χ1v) is 7.73. The first kappa shape index (κ1) is 15.0. The summed E-state index contributed by atoms with van der Waals surface area (Å²) in [5.74, 6) is -0.471. The van der Waals surface area contributed by atoms with Crippen LogP contribution in [0.5, 0.6) is 0 Å². The van der Waals surface area contributed by atoms with Crippen LogP contribution in [0, 0.1) is 0 Å². The van der Waals surface area contributed by atoms with Crippen molar-refractivity contribution in [1.29, 1.82) is 0 Å². The summed E-state index contributed by atoms with van der Waals surface area (Å²) in [6.45, 7) is 5.77. The SMILES string of the molecule is CC1(C)O[C@@H]2[C@@H](OCCOCc3ccccc3)CC[C@@H]2O1. The zero-order chi connectivity index (χ0) is 14.7. The molecule has 21 heavy (non-hydrogen) atoms.